The quantitative estimate of drug-likeness (QED) is 0.141. The third-order valence-electron chi connectivity index (χ3n) is 14.0. The summed E-state index contributed by atoms with van der Waals surface area (Å²) in [5.41, 5.74) is 13.1. The molecule has 64 heavy (non-hydrogen) atoms. The number of benzene rings is 9. The van der Waals surface area contributed by atoms with E-state index in [1.807, 2.05) is 0 Å². The number of fused-ring (bicyclic) bond motifs is 2. The molecule has 0 aromatic heterocycles. The van der Waals surface area contributed by atoms with E-state index in [0.29, 0.717) is 11.8 Å². The van der Waals surface area contributed by atoms with Gasteiger partial charge in [-0.25, -0.2) is 0 Å². The minimum absolute atomic E-state index is 0.0511. The molecule has 2 heteroatoms. The maximum Gasteiger partial charge on any atom is 0.0543 e. The molecule has 9 aromatic rings. The van der Waals surface area contributed by atoms with E-state index in [2.05, 4.69) is 237 Å². The molecule has 0 unspecified atom stereocenters. The van der Waals surface area contributed by atoms with Crippen molar-refractivity contribution in [1.82, 2.24) is 0 Å². The van der Waals surface area contributed by atoms with Gasteiger partial charge in [0.15, 0.2) is 0 Å². The predicted molar refractivity (Wildman–Crippen MR) is 280 cm³/mol. The normalized spacial score (nSPS) is 13.8. The van der Waals surface area contributed by atoms with Gasteiger partial charge in [0, 0.05) is 33.5 Å². The Morgan fingerprint density at radius 2 is 0.859 bits per heavy atom. The lowest BCUT2D eigenvalue weighted by molar-refractivity contribution is 0.479. The number of hydrogen-bond donors (Lipinski definition) is 0. The van der Waals surface area contributed by atoms with Crippen molar-refractivity contribution in [2.75, 3.05) is 9.80 Å². The average molecular weight is 835 g/mol. The van der Waals surface area contributed by atoms with Crippen LogP contribution in [0.3, 0.4) is 0 Å². The lowest BCUT2D eigenvalue weighted by Gasteiger charge is -2.34. The van der Waals surface area contributed by atoms with Crippen molar-refractivity contribution in [3.8, 4) is 0 Å². The molecule has 1 aliphatic carbocycles. The Morgan fingerprint density at radius 3 is 1.31 bits per heavy atom. The van der Waals surface area contributed by atoms with E-state index in [1.54, 1.807) is 0 Å². The van der Waals surface area contributed by atoms with Gasteiger partial charge in [0.1, 0.15) is 0 Å². The summed E-state index contributed by atoms with van der Waals surface area (Å²) in [7, 11) is 0. The van der Waals surface area contributed by atoms with Gasteiger partial charge in [0.25, 0.3) is 0 Å². The number of allylic oxidation sites excluding steroid dienone is 4. The SMILES string of the molecule is CC(C)c1cc(N(C2=CC=C(C(C)(C)C)CC2)c2ccc3ccccc3c2)c2ccc3c(C(C)C)cc(N(c4ccc(C(C)(C)C)cc4)c4ccc5ccccc5c4)c4ccc1c2c34. The van der Waals surface area contributed by atoms with Gasteiger partial charge in [-0.05, 0) is 150 Å². The Balaban J connectivity index is 1.29. The fourth-order valence-electron chi connectivity index (χ4n) is 10.4. The molecule has 0 atom stereocenters. The van der Waals surface area contributed by atoms with Crippen LogP contribution in [0, 0.1) is 5.41 Å². The molecule has 0 bridgehead atoms. The first-order valence-corrected chi connectivity index (χ1v) is 23.5. The van der Waals surface area contributed by atoms with E-state index in [-0.39, 0.29) is 10.8 Å². The van der Waals surface area contributed by atoms with Crippen molar-refractivity contribution in [2.45, 2.75) is 99.3 Å². The zero-order valence-corrected chi connectivity index (χ0v) is 39.5. The highest BCUT2D eigenvalue weighted by molar-refractivity contribution is 6.29. The van der Waals surface area contributed by atoms with Crippen molar-refractivity contribution in [3.05, 3.63) is 186 Å². The Bertz CT molecular complexity index is 3290. The van der Waals surface area contributed by atoms with Gasteiger partial charge in [0.2, 0.25) is 0 Å². The summed E-state index contributed by atoms with van der Waals surface area (Å²) in [6, 6.07) is 55.5. The fraction of sp³-hybridized carbons (Fsp3) is 0.258. The van der Waals surface area contributed by atoms with Crippen molar-refractivity contribution in [1.29, 1.82) is 0 Å². The number of rotatable bonds is 8. The molecule has 0 saturated heterocycles. The molecule has 0 fully saturated rings. The second-order valence-corrected chi connectivity index (χ2v) is 21.0. The first-order chi connectivity index (χ1) is 30.7. The van der Waals surface area contributed by atoms with E-state index in [4.69, 9.17) is 0 Å². The summed E-state index contributed by atoms with van der Waals surface area (Å²) in [6.07, 6.45) is 6.84. The summed E-state index contributed by atoms with van der Waals surface area (Å²) < 4.78 is 0. The smallest absolute Gasteiger partial charge is 0.0543 e. The molecule has 1 aliphatic rings. The lowest BCUT2D eigenvalue weighted by Crippen LogP contribution is -2.21. The summed E-state index contributed by atoms with van der Waals surface area (Å²) in [4.78, 5) is 5.12. The number of nitrogens with zero attached hydrogens (tertiary/aromatic N) is 2. The van der Waals surface area contributed by atoms with Crippen LogP contribution < -0.4 is 9.80 Å². The van der Waals surface area contributed by atoms with Gasteiger partial charge in [-0.1, -0.05) is 178 Å². The van der Waals surface area contributed by atoms with Crippen LogP contribution in [0.1, 0.15) is 111 Å². The Morgan fingerprint density at radius 1 is 0.406 bits per heavy atom. The minimum atomic E-state index is 0.0511. The molecule has 9 aromatic carbocycles. The van der Waals surface area contributed by atoms with Crippen LogP contribution in [0.2, 0.25) is 0 Å². The van der Waals surface area contributed by atoms with Crippen LogP contribution in [0.4, 0.5) is 28.4 Å². The highest BCUT2D eigenvalue weighted by Crippen LogP contribution is 2.51. The Kier molecular flexibility index (Phi) is 10.2. The highest BCUT2D eigenvalue weighted by atomic mass is 15.2. The van der Waals surface area contributed by atoms with Gasteiger partial charge in [-0.3, -0.25) is 0 Å². The molecule has 320 valence electrons. The standard InChI is InChI=1S/C62H62N2/c1-39(2)55-37-57(63(47-27-21-45(22-28-47)61(5,6)7)49-25-19-41-15-11-13-17-43(41)35-49)53-34-32-52-56(40(3)4)38-58(54-33-31-51(55)59(53)60(52)54)64(48-29-23-46(24-30-48)62(8,9)10)50-26-20-42-16-12-14-18-44(42)36-50/h11-23,25-29,31-40H,24,30H2,1-10H3. The third-order valence-corrected chi connectivity index (χ3v) is 14.0. The topological polar surface area (TPSA) is 6.48 Å². The third kappa shape index (κ3) is 7.22. The maximum atomic E-state index is 2.60. The van der Waals surface area contributed by atoms with Gasteiger partial charge < -0.3 is 9.80 Å². The first kappa shape index (κ1) is 41.6. The molecule has 0 radical (unpaired) electrons. The Hall–Kier alpha value is -6.38. The van der Waals surface area contributed by atoms with E-state index < -0.39 is 0 Å². The second-order valence-electron chi connectivity index (χ2n) is 21.0. The Labute approximate surface area is 380 Å². The van der Waals surface area contributed by atoms with Gasteiger partial charge in [-0.15, -0.1) is 0 Å². The molecule has 0 spiro atoms. The van der Waals surface area contributed by atoms with E-state index in [1.165, 1.54) is 98.9 Å². The van der Waals surface area contributed by atoms with Crippen LogP contribution in [-0.4, -0.2) is 0 Å². The molecule has 2 nitrogen and oxygen atoms in total. The van der Waals surface area contributed by atoms with Crippen LogP contribution in [-0.2, 0) is 5.41 Å². The molecule has 10 rings (SSSR count). The fourth-order valence-corrected chi connectivity index (χ4v) is 10.4. The molecular formula is C62H62N2. The molecule has 0 amide bonds. The van der Waals surface area contributed by atoms with Crippen molar-refractivity contribution in [2.24, 2.45) is 5.41 Å². The van der Waals surface area contributed by atoms with Crippen LogP contribution in [0.5, 0.6) is 0 Å². The van der Waals surface area contributed by atoms with Crippen molar-refractivity contribution in [3.63, 3.8) is 0 Å². The van der Waals surface area contributed by atoms with Crippen molar-refractivity contribution < 1.29 is 0 Å². The zero-order valence-electron chi connectivity index (χ0n) is 39.5. The number of hydrogen-bond acceptors (Lipinski definition) is 2. The first-order valence-electron chi connectivity index (χ1n) is 23.5. The van der Waals surface area contributed by atoms with Gasteiger partial charge in [0.05, 0.1) is 11.4 Å². The monoisotopic (exact) mass is 834 g/mol. The predicted octanol–water partition coefficient (Wildman–Crippen LogP) is 18.7. The van der Waals surface area contributed by atoms with E-state index >= 15 is 0 Å². The lowest BCUT2D eigenvalue weighted by atomic mass is 9.81. The summed E-state index contributed by atoms with van der Waals surface area (Å²) >= 11 is 0. The van der Waals surface area contributed by atoms with Crippen LogP contribution in [0.25, 0.3) is 53.9 Å². The van der Waals surface area contributed by atoms with Crippen LogP contribution >= 0.6 is 0 Å². The van der Waals surface area contributed by atoms with E-state index in [0.717, 1.165) is 24.2 Å². The summed E-state index contributed by atoms with van der Waals surface area (Å²) in [5.74, 6) is 0.619. The van der Waals surface area contributed by atoms with Crippen molar-refractivity contribution >= 4 is 82.3 Å². The second kappa shape index (κ2) is 15.7. The van der Waals surface area contributed by atoms with Crippen LogP contribution in [0.15, 0.2) is 169 Å². The molecule has 0 aliphatic heterocycles. The molecule has 0 N–H and O–H groups in total. The van der Waals surface area contributed by atoms with Gasteiger partial charge >= 0.3 is 0 Å². The van der Waals surface area contributed by atoms with Gasteiger partial charge in [-0.2, -0.15) is 0 Å². The summed E-state index contributed by atoms with van der Waals surface area (Å²) in [6.45, 7) is 23.4. The minimum Gasteiger partial charge on any atom is -0.314 e. The molecule has 0 saturated carbocycles. The number of anilines is 5. The average Bonchev–Trinajstić information content (AvgIpc) is 3.28. The summed E-state index contributed by atoms with van der Waals surface area (Å²) in [5, 5.41) is 12.9. The largest absolute Gasteiger partial charge is 0.314 e. The maximum absolute atomic E-state index is 2.60. The van der Waals surface area contributed by atoms with E-state index in [9.17, 15) is 0 Å². The highest BCUT2D eigenvalue weighted by Gasteiger charge is 2.28. The molecule has 0 heterocycles. The zero-order chi connectivity index (χ0) is 44.7. The molecular weight excluding hydrogens is 773 g/mol.